The fourth-order valence-corrected chi connectivity index (χ4v) is 2.68. The first kappa shape index (κ1) is 20.8. The number of aliphatic carboxylic acids is 1. The summed E-state index contributed by atoms with van der Waals surface area (Å²) in [6.07, 6.45) is 0.943. The molecule has 1 aliphatic heterocycles. The average Bonchev–Trinajstić information content (AvgIpc) is 3.05. The van der Waals surface area contributed by atoms with Crippen LogP contribution in [0.5, 0.6) is 0 Å². The zero-order valence-corrected chi connectivity index (χ0v) is 14.4. The van der Waals surface area contributed by atoms with Crippen LogP contribution < -0.4 is 16.4 Å². The molecule has 1 saturated heterocycles. The van der Waals surface area contributed by atoms with Gasteiger partial charge in [-0.25, -0.2) is 4.79 Å². The summed E-state index contributed by atoms with van der Waals surface area (Å²) in [5, 5.41) is 23.2. The van der Waals surface area contributed by atoms with Gasteiger partial charge in [0.05, 0.1) is 13.2 Å². The number of amides is 3. The molecule has 10 nitrogen and oxygen atoms in total. The van der Waals surface area contributed by atoms with Gasteiger partial charge in [-0.15, -0.1) is 0 Å². The lowest BCUT2D eigenvalue weighted by atomic mass is 10.0. The van der Waals surface area contributed by atoms with Crippen molar-refractivity contribution in [3.63, 3.8) is 0 Å². The molecule has 142 valence electrons. The molecule has 0 aliphatic carbocycles. The lowest BCUT2D eigenvalue weighted by molar-refractivity contribution is -0.150. The number of nitrogens with one attached hydrogen (secondary N) is 2. The highest BCUT2D eigenvalue weighted by molar-refractivity contribution is 5.94. The van der Waals surface area contributed by atoms with Gasteiger partial charge in [0.25, 0.3) is 0 Å². The Morgan fingerprint density at radius 1 is 1.24 bits per heavy atom. The molecule has 6 N–H and O–H groups in total. The number of hydrogen-bond donors (Lipinski definition) is 5. The smallest absolute Gasteiger partial charge is 0.326 e. The summed E-state index contributed by atoms with van der Waals surface area (Å²) < 4.78 is 0. The van der Waals surface area contributed by atoms with Crippen molar-refractivity contribution < 1.29 is 29.4 Å². The Hall–Kier alpha value is -2.20. The first-order chi connectivity index (χ1) is 11.7. The number of nitrogens with zero attached hydrogens (tertiary/aromatic N) is 1. The molecule has 0 aromatic rings. The van der Waals surface area contributed by atoms with Crippen LogP contribution >= 0.6 is 0 Å². The number of carboxylic acids is 1. The number of aliphatic hydroxyl groups excluding tert-OH is 1. The second kappa shape index (κ2) is 9.33. The van der Waals surface area contributed by atoms with E-state index in [2.05, 4.69) is 10.6 Å². The number of hydrogen-bond acceptors (Lipinski definition) is 6. The van der Waals surface area contributed by atoms with Gasteiger partial charge in [0.15, 0.2) is 0 Å². The van der Waals surface area contributed by atoms with Crippen molar-refractivity contribution >= 4 is 23.7 Å². The van der Waals surface area contributed by atoms with Gasteiger partial charge >= 0.3 is 5.97 Å². The van der Waals surface area contributed by atoms with Crippen molar-refractivity contribution in [3.8, 4) is 0 Å². The van der Waals surface area contributed by atoms with Crippen molar-refractivity contribution in [2.75, 3.05) is 19.7 Å². The Balaban J connectivity index is 2.85. The van der Waals surface area contributed by atoms with Gasteiger partial charge in [-0.3, -0.25) is 14.4 Å². The summed E-state index contributed by atoms with van der Waals surface area (Å²) in [6, 6.07) is -3.11. The second-order valence-electron chi connectivity index (χ2n) is 6.26. The fourth-order valence-electron chi connectivity index (χ4n) is 2.68. The highest BCUT2D eigenvalue weighted by Gasteiger charge is 2.39. The van der Waals surface area contributed by atoms with Crippen molar-refractivity contribution in [2.45, 2.75) is 44.8 Å². The molecule has 10 heteroatoms. The largest absolute Gasteiger partial charge is 0.480 e. The van der Waals surface area contributed by atoms with Crippen LogP contribution in [0.2, 0.25) is 0 Å². The van der Waals surface area contributed by atoms with E-state index in [1.54, 1.807) is 13.8 Å². The van der Waals surface area contributed by atoms with E-state index in [0.717, 1.165) is 0 Å². The third kappa shape index (κ3) is 5.40. The van der Waals surface area contributed by atoms with E-state index in [-0.39, 0.29) is 12.5 Å². The normalized spacial score (nSPS) is 19.4. The molecule has 0 saturated carbocycles. The quantitative estimate of drug-likeness (QED) is 0.324. The van der Waals surface area contributed by atoms with E-state index in [0.29, 0.717) is 19.4 Å². The van der Waals surface area contributed by atoms with Crippen LogP contribution in [0.15, 0.2) is 0 Å². The Kier molecular flexibility index (Phi) is 7.78. The van der Waals surface area contributed by atoms with E-state index < -0.39 is 48.4 Å². The maximum absolute atomic E-state index is 12.7. The number of nitrogens with two attached hydrogens (primary N) is 1. The zero-order chi connectivity index (χ0) is 19.1. The SMILES string of the molecule is CC(C)C(NC(=O)C(CO)NC(=O)CN)C(=O)N1CCCC1C(=O)O. The fraction of sp³-hybridized carbons (Fsp3) is 0.733. The van der Waals surface area contributed by atoms with E-state index in [1.165, 1.54) is 4.90 Å². The minimum atomic E-state index is -1.24. The number of rotatable bonds is 8. The lowest BCUT2D eigenvalue weighted by Gasteiger charge is -2.30. The first-order valence-corrected chi connectivity index (χ1v) is 8.16. The van der Waals surface area contributed by atoms with Gasteiger partial charge in [0, 0.05) is 6.54 Å². The van der Waals surface area contributed by atoms with Gasteiger partial charge in [0.1, 0.15) is 18.1 Å². The van der Waals surface area contributed by atoms with Gasteiger partial charge in [0.2, 0.25) is 17.7 Å². The molecule has 0 bridgehead atoms. The summed E-state index contributed by atoms with van der Waals surface area (Å²) in [5.41, 5.74) is 5.16. The van der Waals surface area contributed by atoms with Crippen molar-refractivity contribution in [1.29, 1.82) is 0 Å². The molecular formula is C15H26N4O6. The molecule has 0 spiro atoms. The number of carboxylic acid groups (broad SMARTS) is 1. The molecule has 1 rings (SSSR count). The first-order valence-electron chi connectivity index (χ1n) is 8.16. The van der Waals surface area contributed by atoms with Crippen LogP contribution in [0.25, 0.3) is 0 Å². The predicted octanol–water partition coefficient (Wildman–Crippen LogP) is -2.36. The Bertz CT molecular complexity index is 524. The summed E-state index contributed by atoms with van der Waals surface area (Å²) in [4.78, 5) is 48.8. The van der Waals surface area contributed by atoms with Crippen molar-refractivity contribution in [1.82, 2.24) is 15.5 Å². The maximum Gasteiger partial charge on any atom is 0.326 e. The van der Waals surface area contributed by atoms with E-state index in [9.17, 15) is 29.4 Å². The Morgan fingerprint density at radius 2 is 1.88 bits per heavy atom. The summed E-state index contributed by atoms with van der Waals surface area (Å²) in [5.74, 6) is -3.23. The number of aliphatic hydroxyl groups is 1. The number of carbonyl (C=O) groups is 4. The third-order valence-corrected chi connectivity index (χ3v) is 4.07. The number of carbonyl (C=O) groups excluding carboxylic acids is 3. The second-order valence-corrected chi connectivity index (χ2v) is 6.26. The molecule has 1 aliphatic rings. The highest BCUT2D eigenvalue weighted by atomic mass is 16.4. The van der Waals surface area contributed by atoms with Crippen LogP contribution in [-0.2, 0) is 19.2 Å². The molecule has 25 heavy (non-hydrogen) atoms. The molecule has 0 aromatic heterocycles. The minimum absolute atomic E-state index is 0.308. The van der Waals surface area contributed by atoms with E-state index in [1.807, 2.05) is 0 Å². The third-order valence-electron chi connectivity index (χ3n) is 4.07. The average molecular weight is 358 g/mol. The Labute approximate surface area is 145 Å². The molecule has 0 radical (unpaired) electrons. The monoisotopic (exact) mass is 358 g/mol. The maximum atomic E-state index is 12.7. The molecule has 1 heterocycles. The van der Waals surface area contributed by atoms with Crippen LogP contribution in [0.1, 0.15) is 26.7 Å². The van der Waals surface area contributed by atoms with E-state index in [4.69, 9.17) is 5.73 Å². The summed E-state index contributed by atoms with van der Waals surface area (Å²) >= 11 is 0. The standard InChI is InChI=1S/C15H26N4O6/c1-8(2)12(14(23)19-5-3-4-10(19)15(24)25)18-13(22)9(7-20)17-11(21)6-16/h8-10,12,20H,3-7,16H2,1-2H3,(H,17,21)(H,18,22)(H,24,25). The van der Waals surface area contributed by atoms with Crippen LogP contribution in [0.3, 0.4) is 0 Å². The number of likely N-dealkylation sites (tertiary alicyclic amines) is 1. The molecular weight excluding hydrogens is 332 g/mol. The van der Waals surface area contributed by atoms with E-state index >= 15 is 0 Å². The van der Waals surface area contributed by atoms with Gasteiger partial charge in [-0.1, -0.05) is 13.8 Å². The summed E-state index contributed by atoms with van der Waals surface area (Å²) in [7, 11) is 0. The van der Waals surface area contributed by atoms with Gasteiger partial charge in [-0.05, 0) is 18.8 Å². The Morgan fingerprint density at radius 3 is 2.36 bits per heavy atom. The molecule has 1 fully saturated rings. The molecule has 3 unspecified atom stereocenters. The van der Waals surface area contributed by atoms with Crippen molar-refractivity contribution in [3.05, 3.63) is 0 Å². The molecule has 3 atom stereocenters. The highest BCUT2D eigenvalue weighted by Crippen LogP contribution is 2.20. The minimum Gasteiger partial charge on any atom is -0.480 e. The zero-order valence-electron chi connectivity index (χ0n) is 14.4. The van der Waals surface area contributed by atoms with Crippen molar-refractivity contribution in [2.24, 2.45) is 11.7 Å². The summed E-state index contributed by atoms with van der Waals surface area (Å²) in [6.45, 7) is 2.73. The molecule has 3 amide bonds. The predicted molar refractivity (Wildman–Crippen MR) is 87.2 cm³/mol. The van der Waals surface area contributed by atoms with Crippen LogP contribution in [0, 0.1) is 5.92 Å². The lowest BCUT2D eigenvalue weighted by Crippen LogP contribution is -2.58. The van der Waals surface area contributed by atoms with Crippen LogP contribution in [0.4, 0.5) is 0 Å². The van der Waals surface area contributed by atoms with Gasteiger partial charge < -0.3 is 31.5 Å². The topological polar surface area (TPSA) is 162 Å². The van der Waals surface area contributed by atoms with Crippen LogP contribution in [-0.4, -0.2) is 76.6 Å². The van der Waals surface area contributed by atoms with Gasteiger partial charge in [-0.2, -0.15) is 0 Å². The molecule has 0 aromatic carbocycles.